The number of benzene rings is 1. The maximum Gasteiger partial charge on any atom is 0.136 e. The Morgan fingerprint density at radius 2 is 2.37 bits per heavy atom. The zero-order valence-corrected chi connectivity index (χ0v) is 11.8. The van der Waals surface area contributed by atoms with E-state index in [-0.39, 0.29) is 6.04 Å². The van der Waals surface area contributed by atoms with E-state index in [2.05, 4.69) is 5.32 Å². The lowest BCUT2D eigenvalue weighted by Crippen LogP contribution is -2.44. The molecule has 2 unspecified atom stereocenters. The van der Waals surface area contributed by atoms with Crippen LogP contribution in [0.15, 0.2) is 29.6 Å². The van der Waals surface area contributed by atoms with Gasteiger partial charge in [0.05, 0.1) is 13.2 Å². The number of morpholine rings is 1. The lowest BCUT2D eigenvalue weighted by Gasteiger charge is -2.30. The predicted octanol–water partition coefficient (Wildman–Crippen LogP) is 3.46. The van der Waals surface area contributed by atoms with Crippen LogP contribution in [0.3, 0.4) is 0 Å². The van der Waals surface area contributed by atoms with Gasteiger partial charge in [-0.05, 0) is 23.8 Å². The summed E-state index contributed by atoms with van der Waals surface area (Å²) in [6, 6.07) is 8.02. The Kier molecular flexibility index (Phi) is 3.56. The van der Waals surface area contributed by atoms with Crippen molar-refractivity contribution in [3.63, 3.8) is 0 Å². The van der Waals surface area contributed by atoms with Gasteiger partial charge in [0.15, 0.2) is 0 Å². The van der Waals surface area contributed by atoms with Crippen LogP contribution in [0.5, 0.6) is 0 Å². The van der Waals surface area contributed by atoms with E-state index < -0.39 is 5.67 Å². The summed E-state index contributed by atoms with van der Waals surface area (Å²) in [5.74, 6) is 0. The van der Waals surface area contributed by atoms with Crippen molar-refractivity contribution in [1.82, 2.24) is 5.32 Å². The van der Waals surface area contributed by atoms with Gasteiger partial charge in [-0.2, -0.15) is 0 Å². The van der Waals surface area contributed by atoms with E-state index in [1.54, 1.807) is 18.3 Å². The zero-order chi connectivity index (χ0) is 13.3. The Bertz CT molecular complexity index is 560. The number of nitrogens with one attached hydrogen (secondary N) is 1. The van der Waals surface area contributed by atoms with E-state index in [0.717, 1.165) is 28.8 Å². The van der Waals surface area contributed by atoms with Crippen LogP contribution >= 0.6 is 11.3 Å². The largest absolute Gasteiger partial charge is 0.379 e. The third-order valence-corrected chi connectivity index (χ3v) is 4.63. The van der Waals surface area contributed by atoms with Crippen molar-refractivity contribution in [3.05, 3.63) is 35.2 Å². The van der Waals surface area contributed by atoms with Gasteiger partial charge in [-0.15, -0.1) is 11.3 Å². The van der Waals surface area contributed by atoms with Crippen molar-refractivity contribution < 1.29 is 9.13 Å². The standard InChI is InChI=1S/C15H18FNOS/c1-15(16,9-12-10-18-7-6-17-12)13-4-2-3-11-5-8-19-14(11)13/h2-5,8,12,17H,6-7,9-10H2,1H3. The second-order valence-corrected chi connectivity index (χ2v) is 6.19. The topological polar surface area (TPSA) is 21.3 Å². The Morgan fingerprint density at radius 3 is 3.16 bits per heavy atom. The Hall–Kier alpha value is -0.970. The van der Waals surface area contributed by atoms with Crippen LogP contribution in [-0.2, 0) is 10.4 Å². The highest BCUT2D eigenvalue weighted by Gasteiger charge is 2.32. The average molecular weight is 279 g/mol. The van der Waals surface area contributed by atoms with Gasteiger partial charge in [0.2, 0.25) is 0 Å². The van der Waals surface area contributed by atoms with Crippen molar-refractivity contribution in [3.8, 4) is 0 Å². The Labute approximate surface area is 116 Å². The van der Waals surface area contributed by atoms with Gasteiger partial charge >= 0.3 is 0 Å². The lowest BCUT2D eigenvalue weighted by atomic mass is 9.90. The second kappa shape index (κ2) is 5.19. The van der Waals surface area contributed by atoms with Crippen molar-refractivity contribution in [2.24, 2.45) is 0 Å². The molecule has 0 saturated carbocycles. The first-order valence-electron chi connectivity index (χ1n) is 6.63. The lowest BCUT2D eigenvalue weighted by molar-refractivity contribution is 0.0479. The number of rotatable bonds is 3. The van der Waals surface area contributed by atoms with E-state index in [0.29, 0.717) is 13.0 Å². The molecule has 19 heavy (non-hydrogen) atoms. The minimum atomic E-state index is -1.33. The normalized spacial score (nSPS) is 23.4. The summed E-state index contributed by atoms with van der Waals surface area (Å²) < 4.78 is 21.6. The molecule has 1 fully saturated rings. The van der Waals surface area contributed by atoms with Gasteiger partial charge in [-0.3, -0.25) is 0 Å². The van der Waals surface area contributed by atoms with Gasteiger partial charge in [0.1, 0.15) is 5.67 Å². The molecule has 1 aromatic carbocycles. The molecule has 1 aromatic heterocycles. The molecule has 0 spiro atoms. The van der Waals surface area contributed by atoms with Crippen LogP contribution in [0.2, 0.25) is 0 Å². The predicted molar refractivity (Wildman–Crippen MR) is 77.5 cm³/mol. The van der Waals surface area contributed by atoms with Gasteiger partial charge in [0, 0.05) is 29.3 Å². The fraction of sp³-hybridized carbons (Fsp3) is 0.467. The molecule has 2 nitrogen and oxygen atoms in total. The highest BCUT2D eigenvalue weighted by atomic mass is 32.1. The van der Waals surface area contributed by atoms with E-state index in [1.165, 1.54) is 0 Å². The third kappa shape index (κ3) is 2.66. The maximum absolute atomic E-state index is 15.1. The molecule has 0 aliphatic carbocycles. The fourth-order valence-corrected chi connectivity index (χ4v) is 3.76. The minimum Gasteiger partial charge on any atom is -0.379 e. The van der Waals surface area contributed by atoms with E-state index in [1.807, 2.05) is 29.6 Å². The molecule has 1 aliphatic rings. The summed E-state index contributed by atoms with van der Waals surface area (Å²) in [4.78, 5) is 0. The zero-order valence-electron chi connectivity index (χ0n) is 11.0. The smallest absolute Gasteiger partial charge is 0.136 e. The first-order chi connectivity index (χ1) is 9.17. The van der Waals surface area contributed by atoms with Crippen LogP contribution in [0.4, 0.5) is 4.39 Å². The highest BCUT2D eigenvalue weighted by molar-refractivity contribution is 7.17. The molecular formula is C15H18FNOS. The summed E-state index contributed by atoms with van der Waals surface area (Å²) in [5, 5.41) is 6.47. The minimum absolute atomic E-state index is 0.0963. The molecular weight excluding hydrogens is 261 g/mol. The summed E-state index contributed by atoms with van der Waals surface area (Å²) in [7, 11) is 0. The number of thiophene rings is 1. The molecule has 2 heterocycles. The molecule has 102 valence electrons. The SMILES string of the molecule is CC(F)(CC1COCCN1)c1cccc2ccsc12. The first kappa shape index (κ1) is 13.0. The summed E-state index contributed by atoms with van der Waals surface area (Å²) in [5.41, 5.74) is -0.532. The molecule has 4 heteroatoms. The number of fused-ring (bicyclic) bond motifs is 1. The molecule has 3 rings (SSSR count). The number of alkyl halides is 1. The number of ether oxygens (including phenoxy) is 1. The van der Waals surface area contributed by atoms with Crippen LogP contribution in [0, 0.1) is 0 Å². The molecule has 2 aromatic rings. The van der Waals surface area contributed by atoms with Gasteiger partial charge in [-0.1, -0.05) is 18.2 Å². The van der Waals surface area contributed by atoms with Crippen LogP contribution in [-0.4, -0.2) is 25.8 Å². The molecule has 0 amide bonds. The van der Waals surface area contributed by atoms with Gasteiger partial charge in [-0.25, -0.2) is 4.39 Å². The van der Waals surface area contributed by atoms with Crippen molar-refractivity contribution in [1.29, 1.82) is 0 Å². The summed E-state index contributed by atoms with van der Waals surface area (Å²) in [6.07, 6.45) is 0.448. The molecule has 1 N–H and O–H groups in total. The molecule has 0 radical (unpaired) electrons. The Balaban J connectivity index is 1.88. The van der Waals surface area contributed by atoms with Gasteiger partial charge < -0.3 is 10.1 Å². The number of halogens is 1. The van der Waals surface area contributed by atoms with E-state index in [9.17, 15) is 0 Å². The molecule has 2 atom stereocenters. The van der Waals surface area contributed by atoms with Crippen LogP contribution < -0.4 is 5.32 Å². The second-order valence-electron chi connectivity index (χ2n) is 5.27. The fourth-order valence-electron chi connectivity index (χ4n) is 2.73. The first-order valence-corrected chi connectivity index (χ1v) is 7.51. The monoisotopic (exact) mass is 279 g/mol. The van der Waals surface area contributed by atoms with Gasteiger partial charge in [0.25, 0.3) is 0 Å². The summed E-state index contributed by atoms with van der Waals surface area (Å²) in [6.45, 7) is 3.81. The average Bonchev–Trinajstić information content (AvgIpc) is 2.87. The Morgan fingerprint density at radius 1 is 1.47 bits per heavy atom. The third-order valence-electron chi connectivity index (χ3n) is 3.67. The van der Waals surface area contributed by atoms with Crippen LogP contribution in [0.25, 0.3) is 10.1 Å². The highest BCUT2D eigenvalue weighted by Crippen LogP contribution is 2.38. The van der Waals surface area contributed by atoms with Crippen LogP contribution in [0.1, 0.15) is 18.9 Å². The number of hydrogen-bond acceptors (Lipinski definition) is 3. The van der Waals surface area contributed by atoms with E-state index in [4.69, 9.17) is 4.74 Å². The molecule has 1 aliphatic heterocycles. The van der Waals surface area contributed by atoms with E-state index >= 15 is 4.39 Å². The van der Waals surface area contributed by atoms with Crippen molar-refractivity contribution in [2.45, 2.75) is 25.1 Å². The van der Waals surface area contributed by atoms with Crippen molar-refractivity contribution in [2.75, 3.05) is 19.8 Å². The molecule has 0 bridgehead atoms. The summed E-state index contributed by atoms with van der Waals surface area (Å²) >= 11 is 1.61. The quantitative estimate of drug-likeness (QED) is 0.929. The number of hydrogen-bond donors (Lipinski definition) is 1. The van der Waals surface area contributed by atoms with Crippen molar-refractivity contribution >= 4 is 21.4 Å². The maximum atomic E-state index is 15.1. The molecule has 1 saturated heterocycles.